The predicted octanol–water partition coefficient (Wildman–Crippen LogP) is 3.92. The van der Waals surface area contributed by atoms with Crippen LogP contribution in [0.1, 0.15) is 67.5 Å². The van der Waals surface area contributed by atoms with Crippen molar-refractivity contribution in [1.82, 2.24) is 25.1 Å². The van der Waals surface area contributed by atoms with Crippen molar-refractivity contribution in [2.75, 3.05) is 12.3 Å². The average molecular weight is 358 g/mol. The quantitative estimate of drug-likeness (QED) is 0.462. The number of nitrogens with one attached hydrogen (secondary N) is 1. The van der Waals surface area contributed by atoms with Crippen LogP contribution in [0.2, 0.25) is 0 Å². The van der Waals surface area contributed by atoms with Gasteiger partial charge in [0.2, 0.25) is 0 Å². The summed E-state index contributed by atoms with van der Waals surface area (Å²) in [6.45, 7) is 5.22. The molecule has 0 saturated heterocycles. The summed E-state index contributed by atoms with van der Waals surface area (Å²) in [5, 5.41) is 8.82. The van der Waals surface area contributed by atoms with E-state index in [1.165, 1.54) is 54.6 Å². The molecule has 1 aliphatic carbocycles. The van der Waals surface area contributed by atoms with E-state index in [9.17, 15) is 0 Å². The summed E-state index contributed by atoms with van der Waals surface area (Å²) in [7, 11) is 0. The molecule has 0 atom stereocenters. The molecule has 6 heteroatoms. The molecule has 4 rings (SSSR count). The van der Waals surface area contributed by atoms with Crippen LogP contribution in [0, 0.1) is 0 Å². The molecule has 0 amide bonds. The Hall–Kier alpha value is -1.40. The number of H-pyrrole nitrogens is 1. The van der Waals surface area contributed by atoms with E-state index in [1.54, 1.807) is 11.8 Å². The van der Waals surface area contributed by atoms with Gasteiger partial charge >= 0.3 is 0 Å². The van der Waals surface area contributed by atoms with Gasteiger partial charge in [-0.1, -0.05) is 31.5 Å². The van der Waals surface area contributed by atoms with Crippen molar-refractivity contribution >= 4 is 11.8 Å². The molecule has 0 radical (unpaired) electrons. The third-order valence-electron chi connectivity index (χ3n) is 5.35. The minimum atomic E-state index is 0.697. The lowest BCUT2D eigenvalue weighted by molar-refractivity contribution is 0.241. The molecule has 0 spiro atoms. The van der Waals surface area contributed by atoms with Gasteiger partial charge in [0.15, 0.2) is 5.16 Å². The van der Waals surface area contributed by atoms with Gasteiger partial charge in [-0.15, -0.1) is 0 Å². The second-order valence-corrected chi connectivity index (χ2v) is 8.29. The van der Waals surface area contributed by atoms with Gasteiger partial charge in [-0.3, -0.25) is 10.00 Å². The highest BCUT2D eigenvalue weighted by atomic mass is 32.2. The van der Waals surface area contributed by atoms with E-state index in [2.05, 4.69) is 32.0 Å². The molecule has 2 aromatic rings. The first-order valence-corrected chi connectivity index (χ1v) is 10.5. The van der Waals surface area contributed by atoms with Crippen LogP contribution in [0.15, 0.2) is 17.6 Å². The first-order valence-electron chi connectivity index (χ1n) is 9.55. The summed E-state index contributed by atoms with van der Waals surface area (Å²) in [6.07, 6.45) is 11.5. The molecule has 1 fully saturated rings. The van der Waals surface area contributed by atoms with Crippen LogP contribution >= 0.6 is 11.8 Å². The minimum absolute atomic E-state index is 0.697. The van der Waals surface area contributed by atoms with Crippen LogP contribution in [0.25, 0.3) is 0 Å². The van der Waals surface area contributed by atoms with E-state index < -0.39 is 0 Å². The number of nitrogens with zero attached hydrogens (tertiary/aromatic N) is 4. The fourth-order valence-electron chi connectivity index (χ4n) is 3.59. The van der Waals surface area contributed by atoms with Crippen molar-refractivity contribution in [2.24, 2.45) is 0 Å². The van der Waals surface area contributed by atoms with Crippen molar-refractivity contribution in [3.05, 3.63) is 34.9 Å². The maximum Gasteiger partial charge on any atom is 0.187 e. The van der Waals surface area contributed by atoms with Crippen molar-refractivity contribution in [2.45, 2.75) is 69.6 Å². The predicted molar refractivity (Wildman–Crippen MR) is 101 cm³/mol. The highest BCUT2D eigenvalue weighted by molar-refractivity contribution is 7.99. The van der Waals surface area contributed by atoms with Crippen molar-refractivity contribution < 1.29 is 0 Å². The zero-order chi connectivity index (χ0) is 17.1. The highest BCUT2D eigenvalue weighted by Crippen LogP contribution is 2.38. The second kappa shape index (κ2) is 7.87. The lowest BCUT2D eigenvalue weighted by atomic mass is 9.81. The number of aromatic amines is 1. The molecule has 2 aliphatic rings. The Morgan fingerprint density at radius 1 is 1.28 bits per heavy atom. The maximum absolute atomic E-state index is 4.63. The van der Waals surface area contributed by atoms with Crippen molar-refractivity contribution in [3.63, 3.8) is 0 Å². The Kier molecular flexibility index (Phi) is 5.36. The van der Waals surface area contributed by atoms with Crippen LogP contribution in [0.4, 0.5) is 0 Å². The number of hydrogen-bond acceptors (Lipinski definition) is 5. The average Bonchev–Trinajstić information content (AvgIpc) is 2.98. The molecule has 1 N–H and O–H groups in total. The third-order valence-corrected chi connectivity index (χ3v) is 6.32. The van der Waals surface area contributed by atoms with Gasteiger partial charge in [-0.05, 0) is 19.3 Å². The Morgan fingerprint density at radius 3 is 2.84 bits per heavy atom. The number of hydrogen-bond donors (Lipinski definition) is 1. The van der Waals surface area contributed by atoms with Gasteiger partial charge in [0, 0.05) is 66.9 Å². The fourth-order valence-corrected chi connectivity index (χ4v) is 4.46. The van der Waals surface area contributed by atoms with Crippen molar-refractivity contribution in [3.8, 4) is 0 Å². The monoisotopic (exact) mass is 357 g/mol. The van der Waals surface area contributed by atoms with Crippen molar-refractivity contribution in [1.29, 1.82) is 0 Å². The number of rotatable bonds is 7. The number of thioether (sulfide) groups is 1. The Bertz CT molecular complexity index is 692. The van der Waals surface area contributed by atoms with Gasteiger partial charge in [0.1, 0.15) is 0 Å². The largest absolute Gasteiger partial charge is 0.294 e. The van der Waals surface area contributed by atoms with Gasteiger partial charge in [-0.25, -0.2) is 9.97 Å². The summed E-state index contributed by atoms with van der Waals surface area (Å²) in [6, 6.07) is 0. The summed E-state index contributed by atoms with van der Waals surface area (Å²) >= 11 is 1.76. The molecule has 0 unspecified atom stereocenters. The summed E-state index contributed by atoms with van der Waals surface area (Å²) < 4.78 is 0. The number of fused-ring (bicyclic) bond motifs is 1. The summed E-state index contributed by atoms with van der Waals surface area (Å²) in [4.78, 5) is 11.6. The lowest BCUT2D eigenvalue weighted by Crippen LogP contribution is -2.30. The molecular weight excluding hydrogens is 330 g/mol. The Balaban J connectivity index is 1.36. The molecule has 1 saturated carbocycles. The normalized spacial score (nSPS) is 18.1. The molecule has 25 heavy (non-hydrogen) atoms. The van der Waals surface area contributed by atoms with Gasteiger partial charge in [-0.2, -0.15) is 5.10 Å². The third kappa shape index (κ3) is 3.90. The van der Waals surface area contributed by atoms with E-state index in [1.807, 2.05) is 12.4 Å². The van der Waals surface area contributed by atoms with Gasteiger partial charge < -0.3 is 0 Å². The SMILES string of the molecule is CCCCSc1ncc(CN2CCc3[nH]nc(C4CCC4)c3C2)cn1. The molecule has 0 aromatic carbocycles. The van der Waals surface area contributed by atoms with Crippen LogP contribution in [-0.4, -0.2) is 37.4 Å². The summed E-state index contributed by atoms with van der Waals surface area (Å²) in [5.41, 5.74) is 5.36. The zero-order valence-electron chi connectivity index (χ0n) is 15.0. The first-order chi connectivity index (χ1) is 12.3. The van der Waals surface area contributed by atoms with Crippen LogP contribution in [-0.2, 0) is 19.5 Å². The highest BCUT2D eigenvalue weighted by Gasteiger charge is 2.29. The van der Waals surface area contributed by atoms with E-state index in [-0.39, 0.29) is 0 Å². The van der Waals surface area contributed by atoms with E-state index >= 15 is 0 Å². The topological polar surface area (TPSA) is 57.7 Å². The molecule has 2 aromatic heterocycles. The molecule has 5 nitrogen and oxygen atoms in total. The minimum Gasteiger partial charge on any atom is -0.294 e. The smallest absolute Gasteiger partial charge is 0.187 e. The molecular formula is C19H27N5S. The van der Waals surface area contributed by atoms with E-state index in [0.29, 0.717) is 5.92 Å². The maximum atomic E-state index is 4.63. The fraction of sp³-hybridized carbons (Fsp3) is 0.632. The van der Waals surface area contributed by atoms with E-state index in [0.717, 1.165) is 37.0 Å². The Morgan fingerprint density at radius 2 is 2.12 bits per heavy atom. The van der Waals surface area contributed by atoms with Crippen LogP contribution in [0.5, 0.6) is 0 Å². The molecule has 3 heterocycles. The molecule has 1 aliphatic heterocycles. The van der Waals surface area contributed by atoms with Crippen LogP contribution < -0.4 is 0 Å². The molecule has 134 valence electrons. The Labute approximate surface area is 154 Å². The van der Waals surface area contributed by atoms with E-state index in [4.69, 9.17) is 0 Å². The number of unbranched alkanes of at least 4 members (excludes halogenated alkanes) is 1. The lowest BCUT2D eigenvalue weighted by Gasteiger charge is -2.30. The number of aromatic nitrogens is 4. The second-order valence-electron chi connectivity index (χ2n) is 7.23. The standard InChI is InChI=1S/C19H27N5S/c1-2-3-9-25-19-20-10-14(11-21-19)12-24-8-7-17-16(13-24)18(23-22-17)15-5-4-6-15/h10-11,15H,2-9,12-13H2,1H3,(H,22,23). The molecule has 0 bridgehead atoms. The zero-order valence-corrected chi connectivity index (χ0v) is 15.8. The van der Waals surface area contributed by atoms with Gasteiger partial charge in [0.25, 0.3) is 0 Å². The summed E-state index contributed by atoms with van der Waals surface area (Å²) in [5.74, 6) is 1.80. The first kappa shape index (κ1) is 17.0. The van der Waals surface area contributed by atoms with Crippen LogP contribution in [0.3, 0.4) is 0 Å². The van der Waals surface area contributed by atoms with Gasteiger partial charge in [0.05, 0.1) is 5.69 Å².